The monoisotopic (exact) mass is 737 g/mol. The molecule has 4 aromatic rings. The third-order valence-electron chi connectivity index (χ3n) is 9.29. The van der Waals surface area contributed by atoms with Crippen molar-refractivity contribution in [1.29, 1.82) is 0 Å². The van der Waals surface area contributed by atoms with Crippen molar-refractivity contribution in [3.05, 3.63) is 125 Å². The van der Waals surface area contributed by atoms with Gasteiger partial charge >= 0.3 is 0 Å². The number of halogens is 1. The van der Waals surface area contributed by atoms with E-state index in [0.717, 1.165) is 38.3 Å². The molecule has 2 heterocycles. The SMILES string of the molecule is NC(=O)CCCSc1cccc2c1CN(C1CCC(=O)N(CCOc3ccc(/C(=C(\CCCl)c4ccccc4)c4ccc(O)cc4)cc3)C1=O)C2=O. The number of aromatic hydroxyl groups is 1. The topological polar surface area (TPSA) is 130 Å². The molecule has 52 heavy (non-hydrogen) atoms. The fourth-order valence-corrected chi connectivity index (χ4v) is 7.97. The number of primary amides is 1. The number of fused-ring (bicyclic) bond motifs is 1. The summed E-state index contributed by atoms with van der Waals surface area (Å²) in [6, 6.07) is 29.6. The number of ether oxygens (including phenoxy) is 1. The van der Waals surface area contributed by atoms with E-state index in [9.17, 15) is 24.3 Å². The summed E-state index contributed by atoms with van der Waals surface area (Å²) < 4.78 is 6.04. The fourth-order valence-electron chi connectivity index (χ4n) is 6.75. The highest BCUT2D eigenvalue weighted by atomic mass is 35.5. The van der Waals surface area contributed by atoms with Crippen LogP contribution in [0.3, 0.4) is 0 Å². The number of nitrogens with two attached hydrogens (primary N) is 1. The number of carbonyl (C=O) groups is 4. The van der Waals surface area contributed by atoms with Crippen LogP contribution in [0.4, 0.5) is 0 Å². The minimum absolute atomic E-state index is 0.0540. The first kappa shape index (κ1) is 36.7. The molecule has 1 fully saturated rings. The number of amides is 4. The normalized spacial score (nSPS) is 16.2. The number of likely N-dealkylation sites (tertiary alicyclic amines) is 1. The lowest BCUT2D eigenvalue weighted by Crippen LogP contribution is -2.55. The second-order valence-electron chi connectivity index (χ2n) is 12.7. The van der Waals surface area contributed by atoms with Crippen LogP contribution < -0.4 is 10.5 Å². The van der Waals surface area contributed by atoms with E-state index in [1.807, 2.05) is 66.7 Å². The summed E-state index contributed by atoms with van der Waals surface area (Å²) >= 11 is 7.85. The van der Waals surface area contributed by atoms with Crippen molar-refractivity contribution in [2.75, 3.05) is 24.8 Å². The van der Waals surface area contributed by atoms with E-state index in [4.69, 9.17) is 22.1 Å². The quantitative estimate of drug-likeness (QED) is 0.0447. The number of phenols is 1. The summed E-state index contributed by atoms with van der Waals surface area (Å²) in [5.41, 5.74) is 11.7. The van der Waals surface area contributed by atoms with Gasteiger partial charge in [0.25, 0.3) is 11.8 Å². The van der Waals surface area contributed by atoms with Crippen LogP contribution in [-0.4, -0.2) is 69.4 Å². The number of hydrogen-bond donors (Lipinski definition) is 2. The number of rotatable bonds is 15. The summed E-state index contributed by atoms with van der Waals surface area (Å²) in [7, 11) is 0. The lowest BCUT2D eigenvalue weighted by Gasteiger charge is -2.35. The van der Waals surface area contributed by atoms with E-state index in [2.05, 4.69) is 12.1 Å². The number of nitrogens with zero attached hydrogens (tertiary/aromatic N) is 2. The molecule has 0 spiro atoms. The van der Waals surface area contributed by atoms with Crippen molar-refractivity contribution in [3.8, 4) is 11.5 Å². The van der Waals surface area contributed by atoms with E-state index in [1.165, 1.54) is 4.90 Å². The summed E-state index contributed by atoms with van der Waals surface area (Å²) in [4.78, 5) is 55.0. The summed E-state index contributed by atoms with van der Waals surface area (Å²) in [6.45, 7) is 0.427. The number of carbonyl (C=O) groups excluding carboxylic acids is 4. The highest BCUT2D eigenvalue weighted by Crippen LogP contribution is 2.37. The van der Waals surface area contributed by atoms with E-state index < -0.39 is 11.9 Å². The van der Waals surface area contributed by atoms with Crippen LogP contribution in [0.15, 0.2) is 102 Å². The van der Waals surface area contributed by atoms with Crippen LogP contribution in [0.2, 0.25) is 0 Å². The minimum Gasteiger partial charge on any atom is -0.508 e. The minimum atomic E-state index is -0.749. The van der Waals surface area contributed by atoms with Gasteiger partial charge in [-0.1, -0.05) is 60.7 Å². The maximum Gasteiger partial charge on any atom is 0.255 e. The molecule has 6 rings (SSSR count). The first-order valence-electron chi connectivity index (χ1n) is 17.3. The molecule has 0 aliphatic carbocycles. The van der Waals surface area contributed by atoms with Gasteiger partial charge in [-0.3, -0.25) is 24.1 Å². The molecule has 9 nitrogen and oxygen atoms in total. The highest BCUT2D eigenvalue weighted by Gasteiger charge is 2.43. The van der Waals surface area contributed by atoms with Gasteiger partial charge in [-0.2, -0.15) is 0 Å². The van der Waals surface area contributed by atoms with E-state index >= 15 is 0 Å². The smallest absolute Gasteiger partial charge is 0.255 e. The first-order chi connectivity index (χ1) is 25.2. The van der Waals surface area contributed by atoms with Crippen LogP contribution in [0.1, 0.15) is 64.7 Å². The van der Waals surface area contributed by atoms with E-state index in [0.29, 0.717) is 42.2 Å². The Morgan fingerprint density at radius 2 is 1.60 bits per heavy atom. The molecule has 2 aliphatic heterocycles. The summed E-state index contributed by atoms with van der Waals surface area (Å²) in [6.07, 6.45) is 1.98. The largest absolute Gasteiger partial charge is 0.508 e. The maximum atomic E-state index is 13.7. The molecular weight excluding hydrogens is 698 g/mol. The van der Waals surface area contributed by atoms with Crippen molar-refractivity contribution in [2.24, 2.45) is 5.73 Å². The maximum absolute atomic E-state index is 13.7. The Hall–Kier alpha value is -5.06. The highest BCUT2D eigenvalue weighted by molar-refractivity contribution is 7.99. The van der Waals surface area contributed by atoms with Gasteiger partial charge in [0.1, 0.15) is 24.1 Å². The summed E-state index contributed by atoms with van der Waals surface area (Å²) in [5.74, 6) is 0.615. The molecule has 2 aliphatic rings. The number of piperidine rings is 1. The Labute approximate surface area is 312 Å². The zero-order valence-electron chi connectivity index (χ0n) is 28.6. The number of benzene rings is 4. The van der Waals surface area contributed by atoms with Gasteiger partial charge in [0.15, 0.2) is 0 Å². The third-order valence-corrected chi connectivity index (χ3v) is 10.7. The Bertz CT molecular complexity index is 1970. The first-order valence-corrected chi connectivity index (χ1v) is 18.8. The molecule has 4 amide bonds. The standard InChI is InChI=1S/C41H40ClN3O6S/c42-22-21-32(27-6-2-1-3-7-27)39(28-11-15-30(46)16-12-28)29-13-17-31(18-14-29)51-24-23-44-38(48)20-19-35(41(44)50)45-26-34-33(40(45)49)8-4-9-36(34)52-25-5-10-37(43)47/h1-4,6-9,11-18,35,46H,5,10,19-26H2,(H2,43,47)/b39-32+. The van der Waals surface area contributed by atoms with Crippen molar-refractivity contribution >= 4 is 58.1 Å². The van der Waals surface area contributed by atoms with Crippen LogP contribution in [0.5, 0.6) is 11.5 Å². The Morgan fingerprint density at radius 3 is 2.29 bits per heavy atom. The number of thioether (sulfide) groups is 1. The van der Waals surface area contributed by atoms with E-state index in [-0.39, 0.29) is 56.0 Å². The van der Waals surface area contributed by atoms with Gasteiger partial charge in [0, 0.05) is 35.7 Å². The Balaban J connectivity index is 1.13. The molecular formula is C41H40ClN3O6S. The zero-order chi connectivity index (χ0) is 36.6. The molecule has 0 aromatic heterocycles. The average Bonchev–Trinajstić information content (AvgIpc) is 3.49. The van der Waals surface area contributed by atoms with Crippen LogP contribution in [-0.2, 0) is 20.9 Å². The van der Waals surface area contributed by atoms with Gasteiger partial charge in [-0.25, -0.2) is 0 Å². The second kappa shape index (κ2) is 17.0. The molecule has 0 bridgehead atoms. The Morgan fingerprint density at radius 1 is 0.885 bits per heavy atom. The van der Waals surface area contributed by atoms with Gasteiger partial charge in [-0.15, -0.1) is 23.4 Å². The molecule has 4 aromatic carbocycles. The molecule has 268 valence electrons. The number of alkyl halides is 1. The predicted molar refractivity (Wildman–Crippen MR) is 203 cm³/mol. The third kappa shape index (κ3) is 8.35. The van der Waals surface area contributed by atoms with Crippen LogP contribution >= 0.6 is 23.4 Å². The number of allylic oxidation sites excluding steroid dienone is 1. The Kier molecular flexibility index (Phi) is 12.0. The van der Waals surface area contributed by atoms with Crippen molar-refractivity contribution in [2.45, 2.75) is 49.6 Å². The zero-order valence-corrected chi connectivity index (χ0v) is 30.2. The predicted octanol–water partition coefficient (Wildman–Crippen LogP) is 6.89. The van der Waals surface area contributed by atoms with Gasteiger partial charge < -0.3 is 20.5 Å². The fraction of sp³-hybridized carbons (Fsp3) is 0.268. The molecule has 11 heteroatoms. The van der Waals surface area contributed by atoms with Crippen molar-refractivity contribution in [1.82, 2.24) is 9.80 Å². The number of hydrogen-bond acceptors (Lipinski definition) is 7. The van der Waals surface area contributed by atoms with Gasteiger partial charge in [-0.05, 0) is 94.8 Å². The molecule has 1 saturated heterocycles. The number of phenolic OH excluding ortho intramolecular Hbond substituents is 1. The van der Waals surface area contributed by atoms with Crippen molar-refractivity contribution < 1.29 is 29.0 Å². The number of imide groups is 1. The molecule has 0 radical (unpaired) electrons. The van der Waals surface area contributed by atoms with E-state index in [1.54, 1.807) is 34.9 Å². The molecule has 3 N–H and O–H groups in total. The lowest BCUT2D eigenvalue weighted by molar-refractivity contribution is -0.152. The van der Waals surface area contributed by atoms with Gasteiger partial charge in [0.05, 0.1) is 6.54 Å². The molecule has 1 unspecified atom stereocenters. The molecule has 1 atom stereocenters. The van der Waals surface area contributed by atoms with Crippen LogP contribution in [0.25, 0.3) is 11.1 Å². The second-order valence-corrected chi connectivity index (χ2v) is 14.2. The lowest BCUT2D eigenvalue weighted by atomic mass is 9.88. The van der Waals surface area contributed by atoms with Crippen LogP contribution in [0, 0.1) is 0 Å². The molecule has 0 saturated carbocycles. The average molecular weight is 738 g/mol. The van der Waals surface area contributed by atoms with Crippen molar-refractivity contribution in [3.63, 3.8) is 0 Å². The van der Waals surface area contributed by atoms with Gasteiger partial charge in [0.2, 0.25) is 11.8 Å². The summed E-state index contributed by atoms with van der Waals surface area (Å²) in [5, 5.41) is 9.96.